The number of benzene rings is 2. The van der Waals surface area contributed by atoms with Gasteiger partial charge in [-0.2, -0.15) is 0 Å². The van der Waals surface area contributed by atoms with Gasteiger partial charge in [0.2, 0.25) is 5.91 Å². The molecule has 0 radical (unpaired) electrons. The Morgan fingerprint density at radius 1 is 1.12 bits per heavy atom. The van der Waals surface area contributed by atoms with Crippen molar-refractivity contribution in [1.82, 2.24) is 5.32 Å². The van der Waals surface area contributed by atoms with Crippen LogP contribution < -0.4 is 11.1 Å². The molecule has 0 heterocycles. The minimum atomic E-state index is -3.32. The van der Waals surface area contributed by atoms with Crippen LogP contribution in [0.2, 0.25) is 0 Å². The van der Waals surface area contributed by atoms with Gasteiger partial charge in [0, 0.05) is 6.26 Å². The van der Waals surface area contributed by atoms with Crippen molar-refractivity contribution in [2.45, 2.75) is 24.3 Å². The zero-order chi connectivity index (χ0) is 17.7. The summed E-state index contributed by atoms with van der Waals surface area (Å²) in [5, 5.41) is 2.86. The number of hydrogen-bond donors (Lipinski definition) is 2. The van der Waals surface area contributed by atoms with Crippen molar-refractivity contribution in [2.24, 2.45) is 5.73 Å². The Hall–Kier alpha value is -2.18. The summed E-state index contributed by atoms with van der Waals surface area (Å²) in [5.41, 5.74) is 8.17. The molecule has 0 aliphatic rings. The van der Waals surface area contributed by atoms with Crippen molar-refractivity contribution in [3.63, 3.8) is 0 Å². The molecule has 6 heteroatoms. The summed E-state index contributed by atoms with van der Waals surface area (Å²) >= 11 is 0. The zero-order valence-corrected chi connectivity index (χ0v) is 14.6. The summed E-state index contributed by atoms with van der Waals surface area (Å²) in [4.78, 5) is 12.0. The van der Waals surface area contributed by atoms with Gasteiger partial charge in [-0.25, -0.2) is 8.42 Å². The van der Waals surface area contributed by atoms with E-state index >= 15 is 0 Å². The van der Waals surface area contributed by atoms with Crippen LogP contribution in [0.5, 0.6) is 0 Å². The summed E-state index contributed by atoms with van der Waals surface area (Å²) in [6.07, 6.45) is 2.08. The van der Waals surface area contributed by atoms with Crippen molar-refractivity contribution in [3.8, 4) is 0 Å². The number of nitrogens with two attached hydrogens (primary N) is 1. The molecule has 5 nitrogen and oxygen atoms in total. The van der Waals surface area contributed by atoms with Crippen molar-refractivity contribution in [2.75, 3.05) is 12.8 Å². The Labute approximate surface area is 142 Å². The summed E-state index contributed by atoms with van der Waals surface area (Å²) in [6.45, 7) is 1.94. The second-order valence-electron chi connectivity index (χ2n) is 5.64. The van der Waals surface area contributed by atoms with E-state index in [-0.39, 0.29) is 17.3 Å². The minimum Gasteiger partial charge on any atom is -0.344 e. The van der Waals surface area contributed by atoms with Gasteiger partial charge in [0.1, 0.15) is 0 Å². The number of rotatable bonds is 6. The number of carbonyl (C=O) groups excluding carboxylic acids is 1. The highest BCUT2D eigenvalue weighted by Gasteiger charge is 2.18. The smallest absolute Gasteiger partial charge is 0.234 e. The Morgan fingerprint density at radius 2 is 1.79 bits per heavy atom. The van der Waals surface area contributed by atoms with Gasteiger partial charge in [-0.15, -0.1) is 0 Å². The first kappa shape index (κ1) is 18.2. The van der Waals surface area contributed by atoms with Crippen molar-refractivity contribution >= 4 is 15.7 Å². The van der Waals surface area contributed by atoms with E-state index in [0.29, 0.717) is 5.56 Å². The first-order valence-electron chi connectivity index (χ1n) is 7.73. The van der Waals surface area contributed by atoms with Crippen LogP contribution in [0, 0.1) is 0 Å². The third-order valence-corrected chi connectivity index (χ3v) is 4.94. The highest BCUT2D eigenvalue weighted by molar-refractivity contribution is 7.90. The standard InChI is InChI=1S/C18H22N2O3S/c1-3-13-7-9-14(10-8-13)18(20-17(21)12-19)15-5-4-6-16(11-15)24(2,22)23/h4-11,18H,3,12,19H2,1-2H3,(H,20,21). The topological polar surface area (TPSA) is 89.3 Å². The van der Waals surface area contributed by atoms with Crippen LogP contribution >= 0.6 is 0 Å². The van der Waals surface area contributed by atoms with Gasteiger partial charge in [0.25, 0.3) is 0 Å². The lowest BCUT2D eigenvalue weighted by Gasteiger charge is -2.20. The summed E-state index contributed by atoms with van der Waals surface area (Å²) in [5.74, 6) is -0.302. The Bertz CT molecular complexity index is 814. The molecule has 0 aromatic heterocycles. The summed E-state index contributed by atoms with van der Waals surface area (Å²) in [7, 11) is -3.32. The van der Waals surface area contributed by atoms with Crippen LogP contribution in [0.3, 0.4) is 0 Å². The molecule has 0 aliphatic heterocycles. The summed E-state index contributed by atoms with van der Waals surface area (Å²) < 4.78 is 23.6. The molecule has 0 spiro atoms. The molecular formula is C18H22N2O3S. The first-order chi connectivity index (χ1) is 11.3. The van der Waals surface area contributed by atoms with E-state index in [1.165, 1.54) is 5.56 Å². The van der Waals surface area contributed by atoms with E-state index in [1.54, 1.807) is 24.3 Å². The van der Waals surface area contributed by atoms with Crippen LogP contribution in [-0.4, -0.2) is 27.1 Å². The highest BCUT2D eigenvalue weighted by Crippen LogP contribution is 2.25. The molecule has 0 saturated carbocycles. The largest absolute Gasteiger partial charge is 0.344 e. The molecular weight excluding hydrogens is 324 g/mol. The molecule has 3 N–H and O–H groups in total. The number of carbonyl (C=O) groups is 1. The maximum atomic E-state index is 11.8. The number of sulfone groups is 1. The minimum absolute atomic E-state index is 0.130. The van der Waals surface area contributed by atoms with Crippen molar-refractivity contribution < 1.29 is 13.2 Å². The van der Waals surface area contributed by atoms with E-state index in [9.17, 15) is 13.2 Å². The van der Waals surface area contributed by atoms with E-state index < -0.39 is 15.9 Å². The third-order valence-electron chi connectivity index (χ3n) is 3.83. The monoisotopic (exact) mass is 346 g/mol. The van der Waals surface area contributed by atoms with Gasteiger partial charge in [0.05, 0.1) is 17.5 Å². The Kier molecular flexibility index (Phi) is 5.75. The molecule has 128 valence electrons. The number of nitrogens with one attached hydrogen (secondary N) is 1. The average molecular weight is 346 g/mol. The average Bonchev–Trinajstić information content (AvgIpc) is 2.59. The second-order valence-corrected chi connectivity index (χ2v) is 7.66. The normalized spacial score (nSPS) is 12.6. The van der Waals surface area contributed by atoms with Crippen molar-refractivity contribution in [3.05, 3.63) is 65.2 Å². The maximum absolute atomic E-state index is 11.8. The van der Waals surface area contributed by atoms with Gasteiger partial charge >= 0.3 is 0 Å². The fraction of sp³-hybridized carbons (Fsp3) is 0.278. The third kappa shape index (κ3) is 4.43. The van der Waals surface area contributed by atoms with Gasteiger partial charge in [0.15, 0.2) is 9.84 Å². The van der Waals surface area contributed by atoms with Crippen molar-refractivity contribution in [1.29, 1.82) is 0 Å². The van der Waals surface area contributed by atoms with E-state index in [0.717, 1.165) is 18.2 Å². The van der Waals surface area contributed by atoms with E-state index in [4.69, 9.17) is 5.73 Å². The fourth-order valence-corrected chi connectivity index (χ4v) is 3.13. The predicted octanol–water partition coefficient (Wildman–Crippen LogP) is 1.82. The lowest BCUT2D eigenvalue weighted by Crippen LogP contribution is -2.34. The number of hydrogen-bond acceptors (Lipinski definition) is 4. The Morgan fingerprint density at radius 3 is 2.33 bits per heavy atom. The predicted molar refractivity (Wildman–Crippen MR) is 94.4 cm³/mol. The molecule has 2 aromatic carbocycles. The highest BCUT2D eigenvalue weighted by atomic mass is 32.2. The van der Waals surface area contributed by atoms with Gasteiger partial charge < -0.3 is 11.1 Å². The molecule has 1 atom stereocenters. The molecule has 1 amide bonds. The molecule has 0 fully saturated rings. The maximum Gasteiger partial charge on any atom is 0.234 e. The quantitative estimate of drug-likeness (QED) is 0.835. The second kappa shape index (κ2) is 7.59. The lowest BCUT2D eigenvalue weighted by atomic mass is 9.97. The SMILES string of the molecule is CCc1ccc(C(NC(=O)CN)c2cccc(S(C)(=O)=O)c2)cc1. The van der Waals surface area contributed by atoms with Crippen LogP contribution in [-0.2, 0) is 21.1 Å². The molecule has 1 unspecified atom stereocenters. The van der Waals surface area contributed by atoms with Crippen LogP contribution in [0.25, 0.3) is 0 Å². The Balaban J connectivity index is 2.47. The molecule has 2 rings (SSSR count). The molecule has 0 saturated heterocycles. The molecule has 24 heavy (non-hydrogen) atoms. The number of amides is 1. The first-order valence-corrected chi connectivity index (χ1v) is 9.62. The van der Waals surface area contributed by atoms with Crippen LogP contribution in [0.1, 0.15) is 29.7 Å². The fourth-order valence-electron chi connectivity index (χ4n) is 2.45. The van der Waals surface area contributed by atoms with Crippen LogP contribution in [0.15, 0.2) is 53.4 Å². The lowest BCUT2D eigenvalue weighted by molar-refractivity contribution is -0.120. The van der Waals surface area contributed by atoms with E-state index in [1.807, 2.05) is 24.3 Å². The molecule has 2 aromatic rings. The van der Waals surface area contributed by atoms with Gasteiger partial charge in [-0.1, -0.05) is 43.3 Å². The van der Waals surface area contributed by atoms with Gasteiger partial charge in [-0.05, 0) is 35.2 Å². The van der Waals surface area contributed by atoms with Gasteiger partial charge in [-0.3, -0.25) is 4.79 Å². The number of aryl methyl sites for hydroxylation is 1. The molecule has 0 aliphatic carbocycles. The summed E-state index contributed by atoms with van der Waals surface area (Å²) in [6, 6.07) is 14.0. The molecule has 0 bridgehead atoms. The van der Waals surface area contributed by atoms with E-state index in [2.05, 4.69) is 12.2 Å². The zero-order valence-electron chi connectivity index (χ0n) is 13.8. The van der Waals surface area contributed by atoms with Crippen LogP contribution in [0.4, 0.5) is 0 Å².